The summed E-state index contributed by atoms with van der Waals surface area (Å²) in [6.45, 7) is 1.33. The number of rotatable bonds is 1. The van der Waals surface area contributed by atoms with Gasteiger partial charge in [0.05, 0.1) is 0 Å². The first kappa shape index (κ1) is 9.93. The molecule has 1 aliphatic carbocycles. The van der Waals surface area contributed by atoms with E-state index < -0.39 is 12.2 Å². The molecule has 15 heavy (non-hydrogen) atoms. The molecule has 1 aromatic carbocycles. The summed E-state index contributed by atoms with van der Waals surface area (Å²) in [6, 6.07) is 7.51. The highest BCUT2D eigenvalue weighted by atomic mass is 16.6. The third-order valence-corrected chi connectivity index (χ3v) is 2.39. The van der Waals surface area contributed by atoms with Gasteiger partial charge in [-0.1, -0.05) is 30.3 Å². The minimum Gasteiger partial charge on any atom is -0.455 e. The number of aliphatic hydroxyl groups excluding tert-OH is 1. The number of ether oxygens (including phenoxy) is 1. The van der Waals surface area contributed by atoms with Crippen LogP contribution >= 0.6 is 0 Å². The number of benzene rings is 1. The van der Waals surface area contributed by atoms with Gasteiger partial charge in [-0.2, -0.15) is 0 Å². The zero-order chi connectivity index (χ0) is 10.8. The van der Waals surface area contributed by atoms with E-state index in [1.807, 2.05) is 30.3 Å². The van der Waals surface area contributed by atoms with E-state index in [1.54, 1.807) is 6.08 Å². The normalized spacial score (nSPS) is 23.3. The molecule has 0 bridgehead atoms. The van der Waals surface area contributed by atoms with Gasteiger partial charge in [0.1, 0.15) is 6.10 Å². The van der Waals surface area contributed by atoms with Gasteiger partial charge in [-0.25, -0.2) is 0 Å². The second-order valence-corrected chi connectivity index (χ2v) is 3.51. The molecule has 3 nitrogen and oxygen atoms in total. The van der Waals surface area contributed by atoms with Crippen molar-refractivity contribution in [1.82, 2.24) is 0 Å². The fraction of sp³-hybridized carbons (Fsp3) is 0.250. The Balaban J connectivity index is 2.29. The molecule has 0 radical (unpaired) electrons. The van der Waals surface area contributed by atoms with Crippen molar-refractivity contribution in [3.63, 3.8) is 0 Å². The Bertz CT molecular complexity index is 409. The highest BCUT2D eigenvalue weighted by Gasteiger charge is 2.25. The number of hydrogen-bond acceptors (Lipinski definition) is 3. The molecule has 2 unspecified atom stereocenters. The van der Waals surface area contributed by atoms with Crippen LogP contribution in [0.4, 0.5) is 0 Å². The van der Waals surface area contributed by atoms with E-state index in [9.17, 15) is 9.90 Å². The molecule has 0 saturated heterocycles. The van der Waals surface area contributed by atoms with Crippen molar-refractivity contribution < 1.29 is 14.6 Å². The Labute approximate surface area is 88.0 Å². The van der Waals surface area contributed by atoms with Gasteiger partial charge in [0.15, 0.2) is 6.10 Å². The lowest BCUT2D eigenvalue weighted by Gasteiger charge is -2.24. The quantitative estimate of drug-likeness (QED) is 0.708. The predicted molar refractivity (Wildman–Crippen MR) is 56.0 cm³/mol. The van der Waals surface area contributed by atoms with Gasteiger partial charge in [-0.15, -0.1) is 0 Å². The molecular formula is C12H12O3. The van der Waals surface area contributed by atoms with Crippen LogP contribution in [0.3, 0.4) is 0 Å². The molecule has 0 spiro atoms. The van der Waals surface area contributed by atoms with Crippen LogP contribution in [0.15, 0.2) is 30.3 Å². The predicted octanol–water partition coefficient (Wildman–Crippen LogP) is 1.68. The number of carbonyl (C=O) groups excluding carboxylic acids is 1. The van der Waals surface area contributed by atoms with Gasteiger partial charge >= 0.3 is 5.97 Å². The molecule has 78 valence electrons. The van der Waals surface area contributed by atoms with E-state index in [1.165, 1.54) is 6.92 Å². The lowest BCUT2D eigenvalue weighted by atomic mass is 9.93. The van der Waals surface area contributed by atoms with Gasteiger partial charge < -0.3 is 9.84 Å². The molecule has 1 aromatic rings. The molecule has 2 atom stereocenters. The molecular weight excluding hydrogens is 192 g/mol. The molecule has 0 amide bonds. The van der Waals surface area contributed by atoms with Crippen LogP contribution in [0.5, 0.6) is 0 Å². The molecule has 0 aliphatic heterocycles. The molecule has 3 heteroatoms. The molecule has 0 fully saturated rings. The van der Waals surface area contributed by atoms with Gasteiger partial charge in [-0.05, 0) is 17.2 Å². The zero-order valence-electron chi connectivity index (χ0n) is 8.38. The van der Waals surface area contributed by atoms with E-state index >= 15 is 0 Å². The zero-order valence-corrected chi connectivity index (χ0v) is 8.38. The fourth-order valence-electron chi connectivity index (χ4n) is 1.71. The summed E-state index contributed by atoms with van der Waals surface area (Å²) < 4.78 is 4.98. The maximum Gasteiger partial charge on any atom is 0.303 e. The summed E-state index contributed by atoms with van der Waals surface area (Å²) in [6.07, 6.45) is 2.22. The van der Waals surface area contributed by atoms with Gasteiger partial charge in [-0.3, -0.25) is 4.79 Å². The topological polar surface area (TPSA) is 46.5 Å². The van der Waals surface area contributed by atoms with Crippen LogP contribution in [0.1, 0.15) is 24.2 Å². The van der Waals surface area contributed by atoms with Crippen LogP contribution in [-0.2, 0) is 9.53 Å². The fourth-order valence-corrected chi connectivity index (χ4v) is 1.71. The standard InChI is InChI=1S/C12H12O3/c1-8(13)15-11-7-6-9-4-2-3-5-10(9)12(11)14/h2-7,11-12,14H,1H3. The van der Waals surface area contributed by atoms with Crippen LogP contribution < -0.4 is 0 Å². The second-order valence-electron chi connectivity index (χ2n) is 3.51. The summed E-state index contributed by atoms with van der Waals surface area (Å²) in [5.41, 5.74) is 1.76. The van der Waals surface area contributed by atoms with Crippen LogP contribution in [0, 0.1) is 0 Å². The Morgan fingerprint density at radius 2 is 2.13 bits per heavy atom. The Kier molecular flexibility index (Phi) is 2.56. The highest BCUT2D eigenvalue weighted by molar-refractivity contribution is 5.67. The summed E-state index contributed by atoms with van der Waals surface area (Å²) in [7, 11) is 0. The van der Waals surface area contributed by atoms with Crippen molar-refractivity contribution >= 4 is 12.0 Å². The van der Waals surface area contributed by atoms with Crippen molar-refractivity contribution in [1.29, 1.82) is 0 Å². The van der Waals surface area contributed by atoms with Crippen molar-refractivity contribution in [3.8, 4) is 0 Å². The Hall–Kier alpha value is -1.61. The molecule has 2 rings (SSSR count). The molecule has 0 saturated carbocycles. The minimum absolute atomic E-state index is 0.386. The average molecular weight is 204 g/mol. The summed E-state index contributed by atoms with van der Waals surface area (Å²) in [5, 5.41) is 9.94. The van der Waals surface area contributed by atoms with E-state index in [2.05, 4.69) is 0 Å². The smallest absolute Gasteiger partial charge is 0.303 e. The summed E-state index contributed by atoms with van der Waals surface area (Å²) >= 11 is 0. The third kappa shape index (κ3) is 1.92. The number of aliphatic hydroxyl groups is 1. The summed E-state index contributed by atoms with van der Waals surface area (Å²) in [4.78, 5) is 10.8. The highest BCUT2D eigenvalue weighted by Crippen LogP contribution is 2.29. The number of hydrogen-bond donors (Lipinski definition) is 1. The molecule has 0 aromatic heterocycles. The maximum atomic E-state index is 10.8. The average Bonchev–Trinajstić information content (AvgIpc) is 2.22. The molecule has 0 heterocycles. The maximum absolute atomic E-state index is 10.8. The Morgan fingerprint density at radius 1 is 1.40 bits per heavy atom. The minimum atomic E-state index is -0.768. The Morgan fingerprint density at radius 3 is 2.87 bits per heavy atom. The molecule has 1 aliphatic rings. The van der Waals surface area contributed by atoms with Crippen LogP contribution in [0.25, 0.3) is 6.08 Å². The second kappa shape index (κ2) is 3.87. The van der Waals surface area contributed by atoms with E-state index in [4.69, 9.17) is 4.74 Å². The first-order valence-corrected chi connectivity index (χ1v) is 4.81. The van der Waals surface area contributed by atoms with Gasteiger partial charge in [0, 0.05) is 6.92 Å². The van der Waals surface area contributed by atoms with Crippen molar-refractivity contribution in [3.05, 3.63) is 41.5 Å². The number of carbonyl (C=O) groups is 1. The number of fused-ring (bicyclic) bond motifs is 1. The van der Waals surface area contributed by atoms with E-state index in [0.717, 1.165) is 11.1 Å². The van der Waals surface area contributed by atoms with Crippen LogP contribution in [-0.4, -0.2) is 17.2 Å². The van der Waals surface area contributed by atoms with Crippen molar-refractivity contribution in [2.75, 3.05) is 0 Å². The largest absolute Gasteiger partial charge is 0.455 e. The monoisotopic (exact) mass is 204 g/mol. The van der Waals surface area contributed by atoms with Gasteiger partial charge in [0.2, 0.25) is 0 Å². The van der Waals surface area contributed by atoms with Gasteiger partial charge in [0.25, 0.3) is 0 Å². The first-order valence-electron chi connectivity index (χ1n) is 4.81. The van der Waals surface area contributed by atoms with Crippen molar-refractivity contribution in [2.24, 2.45) is 0 Å². The van der Waals surface area contributed by atoms with Crippen molar-refractivity contribution in [2.45, 2.75) is 19.1 Å². The van der Waals surface area contributed by atoms with Crippen LogP contribution in [0.2, 0.25) is 0 Å². The number of esters is 1. The first-order chi connectivity index (χ1) is 7.18. The SMILES string of the molecule is CC(=O)OC1C=Cc2ccccc2C1O. The van der Waals surface area contributed by atoms with E-state index in [0.29, 0.717) is 0 Å². The third-order valence-electron chi connectivity index (χ3n) is 2.39. The lowest BCUT2D eigenvalue weighted by molar-refractivity contribution is -0.149. The molecule has 1 N–H and O–H groups in total. The summed E-state index contributed by atoms with van der Waals surface area (Å²) in [5.74, 6) is -0.386. The van der Waals surface area contributed by atoms with E-state index in [-0.39, 0.29) is 5.97 Å². The lowest BCUT2D eigenvalue weighted by Crippen LogP contribution is -2.25.